The third-order valence-corrected chi connectivity index (χ3v) is 3.62. The van der Waals surface area contributed by atoms with Crippen LogP contribution in [0.1, 0.15) is 32.2 Å². The summed E-state index contributed by atoms with van der Waals surface area (Å²) in [5.41, 5.74) is 2.38. The summed E-state index contributed by atoms with van der Waals surface area (Å²) in [4.78, 5) is 16.7. The lowest BCUT2D eigenvalue weighted by molar-refractivity contribution is 0.562. The Hall–Kier alpha value is -2.37. The molecule has 0 aliphatic heterocycles. The number of rotatable bonds is 2. The summed E-state index contributed by atoms with van der Waals surface area (Å²) in [5, 5.41) is 4.49. The van der Waals surface area contributed by atoms with Crippen molar-refractivity contribution < 1.29 is 0 Å². The van der Waals surface area contributed by atoms with E-state index in [1.165, 1.54) is 0 Å². The van der Waals surface area contributed by atoms with Crippen LogP contribution in [0.15, 0.2) is 35.8 Å². The molecule has 3 aromatic rings. The van der Waals surface area contributed by atoms with Gasteiger partial charge in [-0.1, -0.05) is 20.8 Å². The third kappa shape index (κ3) is 2.37. The van der Waals surface area contributed by atoms with Gasteiger partial charge in [-0.15, -0.1) is 0 Å². The van der Waals surface area contributed by atoms with Crippen LogP contribution in [0.5, 0.6) is 0 Å². The Bertz CT molecular complexity index is 847. The molecular formula is C15H19N5O. The van der Waals surface area contributed by atoms with E-state index in [0.29, 0.717) is 12.1 Å². The zero-order chi connectivity index (χ0) is 15.2. The van der Waals surface area contributed by atoms with Crippen LogP contribution in [0.3, 0.4) is 0 Å². The second kappa shape index (κ2) is 4.58. The molecule has 110 valence electrons. The molecule has 0 saturated heterocycles. The molecule has 0 N–H and O–H groups in total. The minimum absolute atomic E-state index is 0.0401. The summed E-state index contributed by atoms with van der Waals surface area (Å²) in [6.07, 6.45) is 7.09. The molecule has 0 spiro atoms. The number of fused-ring (bicyclic) bond motifs is 1. The summed E-state index contributed by atoms with van der Waals surface area (Å²) in [7, 11) is 1.92. The van der Waals surface area contributed by atoms with Gasteiger partial charge in [-0.25, -0.2) is 9.50 Å². The van der Waals surface area contributed by atoms with Crippen LogP contribution in [-0.2, 0) is 19.0 Å². The van der Waals surface area contributed by atoms with Crippen molar-refractivity contribution in [2.45, 2.75) is 32.7 Å². The molecule has 3 rings (SSSR count). The maximum atomic E-state index is 12.6. The van der Waals surface area contributed by atoms with Crippen molar-refractivity contribution in [2.75, 3.05) is 0 Å². The van der Waals surface area contributed by atoms with Gasteiger partial charge in [0.25, 0.3) is 5.56 Å². The van der Waals surface area contributed by atoms with Crippen LogP contribution in [0.25, 0.3) is 5.52 Å². The maximum absolute atomic E-state index is 12.6. The van der Waals surface area contributed by atoms with E-state index in [2.05, 4.69) is 30.9 Å². The first-order chi connectivity index (χ1) is 9.86. The summed E-state index contributed by atoms with van der Waals surface area (Å²) in [6.45, 7) is 6.76. The van der Waals surface area contributed by atoms with Crippen LogP contribution >= 0.6 is 0 Å². The Labute approximate surface area is 122 Å². The Morgan fingerprint density at radius 2 is 2.00 bits per heavy atom. The van der Waals surface area contributed by atoms with Crippen LogP contribution in [-0.4, -0.2) is 23.7 Å². The molecule has 0 amide bonds. The fourth-order valence-corrected chi connectivity index (χ4v) is 2.23. The second-order valence-corrected chi connectivity index (χ2v) is 6.34. The molecule has 3 aromatic heterocycles. The van der Waals surface area contributed by atoms with Crippen LogP contribution in [0, 0.1) is 0 Å². The van der Waals surface area contributed by atoms with Gasteiger partial charge in [-0.05, 0) is 6.07 Å². The Balaban J connectivity index is 2.08. The van der Waals surface area contributed by atoms with Crippen molar-refractivity contribution in [3.8, 4) is 0 Å². The monoisotopic (exact) mass is 285 g/mol. The van der Waals surface area contributed by atoms with Crippen molar-refractivity contribution in [1.29, 1.82) is 0 Å². The van der Waals surface area contributed by atoms with E-state index in [9.17, 15) is 4.79 Å². The van der Waals surface area contributed by atoms with Gasteiger partial charge in [0.15, 0.2) is 0 Å². The zero-order valence-electron chi connectivity index (χ0n) is 12.7. The summed E-state index contributed by atoms with van der Waals surface area (Å²) in [5.74, 6) is 0. The highest BCUT2D eigenvalue weighted by Gasteiger charge is 2.19. The number of nitrogens with zero attached hydrogens (tertiary/aromatic N) is 5. The number of hydrogen-bond acceptors (Lipinski definition) is 3. The first-order valence-corrected chi connectivity index (χ1v) is 6.91. The Kier molecular flexibility index (Phi) is 2.97. The van der Waals surface area contributed by atoms with E-state index in [1.807, 2.05) is 23.9 Å². The standard InChI is InChI=1S/C15H19N5O/c1-15(2,3)13-7-12-14(21)19(5-6-20(12)17-13)9-11-8-16-10-18(11)4/h5-8,10H,9H2,1-4H3. The number of imidazole rings is 1. The summed E-state index contributed by atoms with van der Waals surface area (Å²) in [6, 6.07) is 1.88. The molecule has 0 bridgehead atoms. The van der Waals surface area contributed by atoms with Crippen molar-refractivity contribution in [3.05, 3.63) is 52.7 Å². The largest absolute Gasteiger partial charge is 0.336 e. The minimum atomic E-state index is -0.0780. The molecule has 0 fully saturated rings. The molecule has 21 heavy (non-hydrogen) atoms. The van der Waals surface area contributed by atoms with Crippen LogP contribution in [0.2, 0.25) is 0 Å². The van der Waals surface area contributed by atoms with E-state index in [4.69, 9.17) is 0 Å². The van der Waals surface area contributed by atoms with Gasteiger partial charge in [0, 0.05) is 31.1 Å². The molecule has 0 atom stereocenters. The van der Waals surface area contributed by atoms with Gasteiger partial charge in [-0.3, -0.25) is 4.79 Å². The Morgan fingerprint density at radius 3 is 2.62 bits per heavy atom. The van der Waals surface area contributed by atoms with E-state index in [0.717, 1.165) is 11.4 Å². The van der Waals surface area contributed by atoms with Crippen LogP contribution < -0.4 is 5.56 Å². The third-order valence-electron chi connectivity index (χ3n) is 3.62. The second-order valence-electron chi connectivity index (χ2n) is 6.34. The normalized spacial score (nSPS) is 12.2. The maximum Gasteiger partial charge on any atom is 0.276 e. The van der Waals surface area contributed by atoms with Gasteiger partial charge < -0.3 is 9.13 Å². The average Bonchev–Trinajstić information content (AvgIpc) is 2.99. The van der Waals surface area contributed by atoms with E-state index in [1.54, 1.807) is 27.8 Å². The molecule has 0 radical (unpaired) electrons. The molecule has 3 heterocycles. The first-order valence-electron chi connectivity index (χ1n) is 6.91. The Morgan fingerprint density at radius 1 is 1.24 bits per heavy atom. The lowest BCUT2D eigenvalue weighted by Gasteiger charge is -2.13. The van der Waals surface area contributed by atoms with E-state index >= 15 is 0 Å². The molecule has 0 aromatic carbocycles. The predicted molar refractivity (Wildman–Crippen MR) is 80.5 cm³/mol. The molecule has 6 heteroatoms. The summed E-state index contributed by atoms with van der Waals surface area (Å²) >= 11 is 0. The lowest BCUT2D eigenvalue weighted by atomic mass is 9.92. The van der Waals surface area contributed by atoms with Gasteiger partial charge in [-0.2, -0.15) is 5.10 Å². The first kappa shape index (κ1) is 13.6. The van der Waals surface area contributed by atoms with Gasteiger partial charge in [0.1, 0.15) is 5.52 Å². The van der Waals surface area contributed by atoms with Crippen molar-refractivity contribution in [2.24, 2.45) is 7.05 Å². The molecule has 0 aliphatic rings. The van der Waals surface area contributed by atoms with Gasteiger partial charge in [0.05, 0.1) is 24.3 Å². The number of aromatic nitrogens is 5. The minimum Gasteiger partial charge on any atom is -0.336 e. The fourth-order valence-electron chi connectivity index (χ4n) is 2.23. The van der Waals surface area contributed by atoms with Crippen molar-refractivity contribution in [1.82, 2.24) is 23.7 Å². The highest BCUT2D eigenvalue weighted by Crippen LogP contribution is 2.20. The smallest absolute Gasteiger partial charge is 0.276 e. The van der Waals surface area contributed by atoms with Gasteiger partial charge >= 0.3 is 0 Å². The quantitative estimate of drug-likeness (QED) is 0.718. The fraction of sp³-hybridized carbons (Fsp3) is 0.400. The topological polar surface area (TPSA) is 57.1 Å². The zero-order valence-corrected chi connectivity index (χ0v) is 12.7. The van der Waals surface area contributed by atoms with Crippen molar-refractivity contribution >= 4 is 5.52 Å². The number of aryl methyl sites for hydroxylation is 1. The van der Waals surface area contributed by atoms with E-state index in [-0.39, 0.29) is 11.0 Å². The SMILES string of the molecule is Cn1cncc1Cn1ccn2nc(C(C)(C)C)cc2c1=O. The molecule has 0 unspecified atom stereocenters. The lowest BCUT2D eigenvalue weighted by Crippen LogP contribution is -2.22. The average molecular weight is 285 g/mol. The molecule has 0 aliphatic carbocycles. The summed E-state index contributed by atoms with van der Waals surface area (Å²) < 4.78 is 5.25. The molecule has 0 saturated carbocycles. The highest BCUT2D eigenvalue weighted by molar-refractivity contribution is 5.46. The highest BCUT2D eigenvalue weighted by atomic mass is 16.1. The number of hydrogen-bond donors (Lipinski definition) is 0. The molecular weight excluding hydrogens is 266 g/mol. The molecule has 6 nitrogen and oxygen atoms in total. The predicted octanol–water partition coefficient (Wildman–Crippen LogP) is 1.58. The van der Waals surface area contributed by atoms with Crippen molar-refractivity contribution in [3.63, 3.8) is 0 Å². The van der Waals surface area contributed by atoms with Crippen LogP contribution in [0.4, 0.5) is 0 Å². The van der Waals surface area contributed by atoms with Gasteiger partial charge in [0.2, 0.25) is 0 Å². The van der Waals surface area contributed by atoms with E-state index < -0.39 is 0 Å².